The maximum absolute atomic E-state index is 12.0. The minimum atomic E-state index is -0.278. The number of aromatic nitrogens is 1. The highest BCUT2D eigenvalue weighted by molar-refractivity contribution is 7.09. The standard InChI is InChI=1S/C19H18N2O5S/c1-25-16-4-2-3-5-17(16)26-10-18(24)20-9-19-21-13(11-27-19)12-6-7-14(22)15(23)8-12/h2-8,11,22-23H,9-10H2,1H3,(H,20,24). The molecule has 7 nitrogen and oxygen atoms in total. The van der Waals surface area contributed by atoms with Crippen LogP contribution in [0.2, 0.25) is 0 Å². The van der Waals surface area contributed by atoms with Crippen molar-refractivity contribution in [3.05, 3.63) is 52.9 Å². The summed E-state index contributed by atoms with van der Waals surface area (Å²) in [6.07, 6.45) is 0. The number of para-hydroxylation sites is 2. The normalized spacial score (nSPS) is 10.4. The van der Waals surface area contributed by atoms with Crippen molar-refractivity contribution in [1.29, 1.82) is 0 Å². The number of hydrogen-bond donors (Lipinski definition) is 3. The number of aromatic hydroxyl groups is 2. The molecule has 3 N–H and O–H groups in total. The van der Waals surface area contributed by atoms with Gasteiger partial charge in [0, 0.05) is 10.9 Å². The molecule has 0 radical (unpaired) electrons. The number of phenols is 2. The topological polar surface area (TPSA) is 101 Å². The number of carbonyl (C=O) groups excluding carboxylic acids is 1. The predicted molar refractivity (Wildman–Crippen MR) is 101 cm³/mol. The molecule has 0 saturated carbocycles. The largest absolute Gasteiger partial charge is 0.504 e. The van der Waals surface area contributed by atoms with E-state index in [9.17, 15) is 15.0 Å². The van der Waals surface area contributed by atoms with Gasteiger partial charge in [0.2, 0.25) is 0 Å². The molecule has 1 heterocycles. The van der Waals surface area contributed by atoms with Gasteiger partial charge in [0.05, 0.1) is 19.3 Å². The fourth-order valence-corrected chi connectivity index (χ4v) is 3.06. The summed E-state index contributed by atoms with van der Waals surface area (Å²) in [5.74, 6) is 0.395. The lowest BCUT2D eigenvalue weighted by Gasteiger charge is -2.10. The van der Waals surface area contributed by atoms with Crippen molar-refractivity contribution in [3.8, 4) is 34.3 Å². The van der Waals surface area contributed by atoms with Crippen molar-refractivity contribution in [2.24, 2.45) is 0 Å². The highest BCUT2D eigenvalue weighted by Crippen LogP contribution is 2.31. The summed E-state index contributed by atoms with van der Waals surface area (Å²) in [7, 11) is 1.54. The molecular weight excluding hydrogens is 368 g/mol. The molecular formula is C19H18N2O5S. The van der Waals surface area contributed by atoms with Crippen LogP contribution in [0.15, 0.2) is 47.8 Å². The van der Waals surface area contributed by atoms with Gasteiger partial charge in [0.15, 0.2) is 29.6 Å². The average Bonchev–Trinajstić information content (AvgIpc) is 3.16. The predicted octanol–water partition coefficient (Wildman–Crippen LogP) is 2.93. The Balaban J connectivity index is 1.53. The van der Waals surface area contributed by atoms with Crippen LogP contribution < -0.4 is 14.8 Å². The molecule has 8 heteroatoms. The van der Waals surface area contributed by atoms with E-state index in [2.05, 4.69) is 10.3 Å². The molecule has 140 valence electrons. The minimum absolute atomic E-state index is 0.134. The lowest BCUT2D eigenvalue weighted by molar-refractivity contribution is -0.123. The number of nitrogens with one attached hydrogen (secondary N) is 1. The Morgan fingerprint density at radius 1 is 1.15 bits per heavy atom. The number of carbonyl (C=O) groups is 1. The van der Waals surface area contributed by atoms with Gasteiger partial charge in [-0.3, -0.25) is 4.79 Å². The summed E-state index contributed by atoms with van der Waals surface area (Å²) in [5, 5.41) is 24.2. The van der Waals surface area contributed by atoms with Crippen LogP contribution in [-0.4, -0.2) is 34.8 Å². The quantitative estimate of drug-likeness (QED) is 0.540. The number of hydrogen-bond acceptors (Lipinski definition) is 7. The van der Waals surface area contributed by atoms with Crippen molar-refractivity contribution in [3.63, 3.8) is 0 Å². The Bertz CT molecular complexity index is 941. The van der Waals surface area contributed by atoms with Crippen molar-refractivity contribution in [1.82, 2.24) is 10.3 Å². The first-order valence-electron chi connectivity index (χ1n) is 8.06. The van der Waals surface area contributed by atoms with E-state index in [1.807, 2.05) is 11.4 Å². The van der Waals surface area contributed by atoms with Gasteiger partial charge in [-0.25, -0.2) is 4.98 Å². The first kappa shape index (κ1) is 18.5. The maximum Gasteiger partial charge on any atom is 0.258 e. The molecule has 0 fully saturated rings. The monoisotopic (exact) mass is 386 g/mol. The van der Waals surface area contributed by atoms with Crippen LogP contribution in [0.25, 0.3) is 11.3 Å². The molecule has 0 bridgehead atoms. The van der Waals surface area contributed by atoms with Crippen LogP contribution in [0.5, 0.6) is 23.0 Å². The second kappa shape index (κ2) is 8.41. The molecule has 27 heavy (non-hydrogen) atoms. The third-order valence-corrected chi connectivity index (χ3v) is 4.54. The first-order valence-corrected chi connectivity index (χ1v) is 8.94. The molecule has 1 aromatic heterocycles. The Morgan fingerprint density at radius 3 is 2.67 bits per heavy atom. The van der Waals surface area contributed by atoms with Gasteiger partial charge >= 0.3 is 0 Å². The molecule has 0 aliphatic heterocycles. The van der Waals surface area contributed by atoms with E-state index in [0.29, 0.717) is 27.8 Å². The van der Waals surface area contributed by atoms with Crippen LogP contribution >= 0.6 is 11.3 Å². The Kier molecular flexibility index (Phi) is 5.77. The Labute approximate surface area is 159 Å². The fourth-order valence-electron chi connectivity index (χ4n) is 2.31. The molecule has 0 unspecified atom stereocenters. The van der Waals surface area contributed by atoms with Crippen LogP contribution in [-0.2, 0) is 11.3 Å². The van der Waals surface area contributed by atoms with Crippen molar-refractivity contribution in [2.75, 3.05) is 13.7 Å². The number of methoxy groups -OCH3 is 1. The highest BCUT2D eigenvalue weighted by atomic mass is 32.1. The summed E-state index contributed by atoms with van der Waals surface area (Å²) in [5.41, 5.74) is 1.34. The second-order valence-corrected chi connectivity index (χ2v) is 6.49. The van der Waals surface area contributed by atoms with E-state index in [1.165, 1.54) is 30.6 Å². The van der Waals surface area contributed by atoms with E-state index < -0.39 is 0 Å². The Morgan fingerprint density at radius 2 is 1.93 bits per heavy atom. The van der Waals surface area contributed by atoms with Gasteiger partial charge in [0.25, 0.3) is 5.91 Å². The van der Waals surface area contributed by atoms with Crippen LogP contribution in [0.1, 0.15) is 5.01 Å². The number of benzene rings is 2. The summed E-state index contributed by atoms with van der Waals surface area (Å²) in [6.45, 7) is 0.132. The zero-order chi connectivity index (χ0) is 19.2. The molecule has 0 aliphatic rings. The minimum Gasteiger partial charge on any atom is -0.504 e. The summed E-state index contributed by atoms with van der Waals surface area (Å²) >= 11 is 1.39. The molecule has 0 spiro atoms. The second-order valence-electron chi connectivity index (χ2n) is 5.55. The van der Waals surface area contributed by atoms with Gasteiger partial charge in [-0.2, -0.15) is 0 Å². The van der Waals surface area contributed by atoms with Crippen LogP contribution in [0, 0.1) is 0 Å². The van der Waals surface area contributed by atoms with Gasteiger partial charge in [-0.1, -0.05) is 12.1 Å². The number of rotatable bonds is 7. The van der Waals surface area contributed by atoms with Crippen molar-refractivity contribution < 1.29 is 24.5 Å². The maximum atomic E-state index is 12.0. The summed E-state index contributed by atoms with van der Waals surface area (Å²) in [4.78, 5) is 16.4. The Hall–Kier alpha value is -3.26. The van der Waals surface area contributed by atoms with Crippen LogP contribution in [0.4, 0.5) is 0 Å². The van der Waals surface area contributed by atoms with E-state index in [4.69, 9.17) is 9.47 Å². The lowest BCUT2D eigenvalue weighted by Crippen LogP contribution is -2.28. The SMILES string of the molecule is COc1ccccc1OCC(=O)NCc1nc(-c2ccc(O)c(O)c2)cs1. The highest BCUT2D eigenvalue weighted by Gasteiger charge is 2.10. The number of phenolic OH excluding ortho intramolecular Hbond substituents is 2. The average molecular weight is 386 g/mol. The summed E-state index contributed by atoms with van der Waals surface area (Å²) in [6, 6.07) is 11.6. The molecule has 1 amide bonds. The fraction of sp³-hybridized carbons (Fsp3) is 0.158. The van der Waals surface area contributed by atoms with E-state index in [-0.39, 0.29) is 30.6 Å². The number of nitrogens with zero attached hydrogens (tertiary/aromatic N) is 1. The van der Waals surface area contributed by atoms with Gasteiger partial charge in [-0.05, 0) is 30.3 Å². The molecule has 0 aliphatic carbocycles. The number of thiazole rings is 1. The van der Waals surface area contributed by atoms with Gasteiger partial charge < -0.3 is 25.0 Å². The molecule has 3 rings (SSSR count). The third-order valence-electron chi connectivity index (χ3n) is 3.69. The molecule has 3 aromatic rings. The van der Waals surface area contributed by atoms with E-state index in [0.717, 1.165) is 0 Å². The zero-order valence-corrected chi connectivity index (χ0v) is 15.3. The van der Waals surface area contributed by atoms with Crippen molar-refractivity contribution >= 4 is 17.2 Å². The molecule has 2 aromatic carbocycles. The third kappa shape index (κ3) is 4.68. The zero-order valence-electron chi connectivity index (χ0n) is 14.5. The van der Waals surface area contributed by atoms with E-state index in [1.54, 1.807) is 24.3 Å². The van der Waals surface area contributed by atoms with Crippen molar-refractivity contribution in [2.45, 2.75) is 6.54 Å². The number of amides is 1. The van der Waals surface area contributed by atoms with Gasteiger partial charge in [0.1, 0.15) is 5.01 Å². The smallest absolute Gasteiger partial charge is 0.258 e. The lowest BCUT2D eigenvalue weighted by atomic mass is 10.1. The first-order chi connectivity index (χ1) is 13.1. The summed E-state index contributed by atoms with van der Waals surface area (Å²) < 4.78 is 10.6. The van der Waals surface area contributed by atoms with E-state index >= 15 is 0 Å². The molecule has 0 saturated heterocycles. The van der Waals surface area contributed by atoms with Crippen LogP contribution in [0.3, 0.4) is 0 Å². The van der Waals surface area contributed by atoms with Gasteiger partial charge in [-0.15, -0.1) is 11.3 Å². The number of ether oxygens (including phenoxy) is 2. The molecule has 0 atom stereocenters.